The molecule has 0 atom stereocenters. The minimum absolute atomic E-state index is 0.461. The summed E-state index contributed by atoms with van der Waals surface area (Å²) >= 11 is 0. The summed E-state index contributed by atoms with van der Waals surface area (Å²) in [6.07, 6.45) is 8.01. The van der Waals surface area contributed by atoms with Crippen molar-refractivity contribution in [2.24, 2.45) is 0 Å². The van der Waals surface area contributed by atoms with Crippen LogP contribution in [0.2, 0.25) is 0 Å². The zero-order valence-electron chi connectivity index (χ0n) is 14.0. The van der Waals surface area contributed by atoms with Gasteiger partial charge in [-0.15, -0.1) is 0 Å². The molecule has 1 aliphatic carbocycles. The van der Waals surface area contributed by atoms with Crippen molar-refractivity contribution in [3.8, 4) is 5.75 Å². The van der Waals surface area contributed by atoms with Gasteiger partial charge in [0.1, 0.15) is 5.75 Å². The Labute approximate surface area is 135 Å². The van der Waals surface area contributed by atoms with Crippen LogP contribution < -0.4 is 4.74 Å². The van der Waals surface area contributed by atoms with Crippen LogP contribution in [0, 0.1) is 0 Å². The summed E-state index contributed by atoms with van der Waals surface area (Å²) in [6.45, 7) is 6.11. The number of likely N-dealkylation sites (N-methyl/N-ethyl adjacent to an activating group) is 1. The molecule has 2 aliphatic rings. The Morgan fingerprint density at radius 3 is 2.36 bits per heavy atom. The molecule has 1 aromatic rings. The Hall–Kier alpha value is -1.06. The smallest absolute Gasteiger partial charge is 0.119 e. The topological polar surface area (TPSA) is 15.7 Å². The Kier molecular flexibility index (Phi) is 5.74. The van der Waals surface area contributed by atoms with Crippen molar-refractivity contribution in [2.75, 3.05) is 39.8 Å². The van der Waals surface area contributed by atoms with Gasteiger partial charge in [-0.3, -0.25) is 0 Å². The number of hydrogen-bond acceptors (Lipinski definition) is 3. The summed E-state index contributed by atoms with van der Waals surface area (Å²) in [7, 11) is 2.21. The first-order chi connectivity index (χ1) is 10.8. The fourth-order valence-electron chi connectivity index (χ4n) is 3.51. The minimum atomic E-state index is 0.461. The monoisotopic (exact) mass is 302 g/mol. The van der Waals surface area contributed by atoms with E-state index in [0.29, 0.717) is 6.10 Å². The maximum atomic E-state index is 6.03. The number of benzene rings is 1. The van der Waals surface area contributed by atoms with E-state index in [-0.39, 0.29) is 0 Å². The van der Waals surface area contributed by atoms with Gasteiger partial charge in [-0.1, -0.05) is 12.1 Å². The number of aryl methyl sites for hydroxylation is 1. The Bertz CT molecular complexity index is 431. The lowest BCUT2D eigenvalue weighted by molar-refractivity contribution is 0.153. The number of nitrogens with zero attached hydrogens (tertiary/aromatic N) is 2. The third-order valence-corrected chi connectivity index (χ3v) is 5.06. The lowest BCUT2D eigenvalue weighted by Gasteiger charge is -2.32. The first-order valence-electron chi connectivity index (χ1n) is 8.96. The average Bonchev–Trinajstić information content (AvgIpc) is 3.04. The van der Waals surface area contributed by atoms with Gasteiger partial charge in [-0.2, -0.15) is 0 Å². The van der Waals surface area contributed by atoms with Crippen LogP contribution in [-0.2, 0) is 6.42 Å². The number of rotatable bonds is 6. The van der Waals surface area contributed by atoms with E-state index < -0.39 is 0 Å². The Morgan fingerprint density at radius 1 is 1.00 bits per heavy atom. The van der Waals surface area contributed by atoms with Crippen LogP contribution in [0.4, 0.5) is 0 Å². The molecule has 122 valence electrons. The van der Waals surface area contributed by atoms with E-state index in [1.165, 1.54) is 76.8 Å². The van der Waals surface area contributed by atoms with Crippen LogP contribution in [-0.4, -0.2) is 55.7 Å². The highest BCUT2D eigenvalue weighted by Crippen LogP contribution is 2.24. The SMILES string of the molecule is CN1CCN(CCCc2ccc(OC3CCCC3)cc2)CC1. The van der Waals surface area contributed by atoms with Crippen molar-refractivity contribution in [1.82, 2.24) is 9.80 Å². The second-order valence-electron chi connectivity index (χ2n) is 6.92. The zero-order valence-corrected chi connectivity index (χ0v) is 14.0. The molecule has 0 unspecified atom stereocenters. The van der Waals surface area contributed by atoms with Gasteiger partial charge in [0.25, 0.3) is 0 Å². The number of piperazine rings is 1. The minimum Gasteiger partial charge on any atom is -0.490 e. The Morgan fingerprint density at radius 2 is 1.68 bits per heavy atom. The summed E-state index contributed by atoms with van der Waals surface area (Å²) in [4.78, 5) is 5.01. The normalized spacial score (nSPS) is 21.3. The van der Waals surface area contributed by atoms with Crippen LogP contribution in [0.5, 0.6) is 5.75 Å². The molecule has 0 bridgehead atoms. The summed E-state index contributed by atoms with van der Waals surface area (Å²) in [5.41, 5.74) is 1.44. The maximum absolute atomic E-state index is 6.03. The molecule has 1 saturated heterocycles. The fraction of sp³-hybridized carbons (Fsp3) is 0.684. The van der Waals surface area contributed by atoms with E-state index in [4.69, 9.17) is 4.74 Å². The first kappa shape index (κ1) is 15.8. The van der Waals surface area contributed by atoms with Gasteiger partial charge in [0.2, 0.25) is 0 Å². The molecule has 0 spiro atoms. The highest BCUT2D eigenvalue weighted by atomic mass is 16.5. The predicted octanol–water partition coefficient (Wildman–Crippen LogP) is 3.19. The van der Waals surface area contributed by atoms with E-state index in [2.05, 4.69) is 41.1 Å². The van der Waals surface area contributed by atoms with E-state index in [9.17, 15) is 0 Å². The van der Waals surface area contributed by atoms with Crippen LogP contribution in [0.15, 0.2) is 24.3 Å². The molecule has 0 aromatic heterocycles. The maximum Gasteiger partial charge on any atom is 0.119 e. The van der Waals surface area contributed by atoms with Gasteiger partial charge in [-0.05, 0) is 69.8 Å². The molecule has 3 heteroatoms. The van der Waals surface area contributed by atoms with Gasteiger partial charge in [0.15, 0.2) is 0 Å². The number of ether oxygens (including phenoxy) is 1. The van der Waals surface area contributed by atoms with Gasteiger partial charge in [-0.25, -0.2) is 0 Å². The standard InChI is InChI=1S/C19H30N2O/c1-20-13-15-21(16-14-20)12-4-5-17-8-10-19(11-9-17)22-18-6-2-3-7-18/h8-11,18H,2-7,12-16H2,1H3. The lowest BCUT2D eigenvalue weighted by Crippen LogP contribution is -2.44. The molecule has 1 aliphatic heterocycles. The third kappa shape index (κ3) is 4.72. The molecule has 22 heavy (non-hydrogen) atoms. The molecular formula is C19H30N2O. The van der Waals surface area contributed by atoms with E-state index >= 15 is 0 Å². The van der Waals surface area contributed by atoms with E-state index in [1.54, 1.807) is 0 Å². The average molecular weight is 302 g/mol. The summed E-state index contributed by atoms with van der Waals surface area (Å²) in [6, 6.07) is 8.80. The molecule has 2 fully saturated rings. The highest BCUT2D eigenvalue weighted by Gasteiger charge is 2.16. The van der Waals surface area contributed by atoms with Gasteiger partial charge in [0, 0.05) is 26.2 Å². The fourth-order valence-corrected chi connectivity index (χ4v) is 3.51. The van der Waals surface area contributed by atoms with E-state index in [1.807, 2.05) is 0 Å². The zero-order chi connectivity index (χ0) is 15.2. The van der Waals surface area contributed by atoms with E-state index in [0.717, 1.165) is 5.75 Å². The van der Waals surface area contributed by atoms with Crippen LogP contribution in [0.1, 0.15) is 37.7 Å². The van der Waals surface area contributed by atoms with Crippen molar-refractivity contribution in [3.05, 3.63) is 29.8 Å². The van der Waals surface area contributed by atoms with Crippen molar-refractivity contribution in [2.45, 2.75) is 44.6 Å². The first-order valence-corrected chi connectivity index (χ1v) is 8.96. The quantitative estimate of drug-likeness (QED) is 0.802. The largest absolute Gasteiger partial charge is 0.490 e. The molecule has 3 rings (SSSR count). The second-order valence-corrected chi connectivity index (χ2v) is 6.92. The molecule has 1 heterocycles. The highest BCUT2D eigenvalue weighted by molar-refractivity contribution is 5.27. The van der Waals surface area contributed by atoms with Crippen molar-refractivity contribution in [1.29, 1.82) is 0 Å². The Balaban J connectivity index is 1.37. The predicted molar refractivity (Wildman–Crippen MR) is 91.6 cm³/mol. The van der Waals surface area contributed by atoms with Crippen molar-refractivity contribution >= 4 is 0 Å². The molecule has 1 saturated carbocycles. The molecule has 3 nitrogen and oxygen atoms in total. The molecular weight excluding hydrogens is 272 g/mol. The van der Waals surface area contributed by atoms with Gasteiger partial charge < -0.3 is 14.5 Å². The van der Waals surface area contributed by atoms with Crippen LogP contribution in [0.3, 0.4) is 0 Å². The summed E-state index contributed by atoms with van der Waals surface area (Å²) < 4.78 is 6.03. The number of hydrogen-bond donors (Lipinski definition) is 0. The van der Waals surface area contributed by atoms with Crippen molar-refractivity contribution < 1.29 is 4.74 Å². The van der Waals surface area contributed by atoms with Crippen LogP contribution >= 0.6 is 0 Å². The second kappa shape index (κ2) is 7.98. The summed E-state index contributed by atoms with van der Waals surface area (Å²) in [5, 5.41) is 0. The van der Waals surface area contributed by atoms with Crippen molar-refractivity contribution in [3.63, 3.8) is 0 Å². The summed E-state index contributed by atoms with van der Waals surface area (Å²) in [5.74, 6) is 1.05. The molecule has 1 aromatic carbocycles. The molecule has 0 N–H and O–H groups in total. The van der Waals surface area contributed by atoms with Crippen LogP contribution in [0.25, 0.3) is 0 Å². The third-order valence-electron chi connectivity index (χ3n) is 5.06. The molecule has 0 amide bonds. The van der Waals surface area contributed by atoms with Gasteiger partial charge >= 0.3 is 0 Å². The molecule has 0 radical (unpaired) electrons. The lowest BCUT2D eigenvalue weighted by atomic mass is 10.1. The van der Waals surface area contributed by atoms with Gasteiger partial charge in [0.05, 0.1) is 6.10 Å².